The predicted octanol–water partition coefficient (Wildman–Crippen LogP) is 3.23. The number of aromatic nitrogens is 3. The van der Waals surface area contributed by atoms with E-state index < -0.39 is 0 Å². The van der Waals surface area contributed by atoms with E-state index >= 15 is 0 Å². The zero-order valence-corrected chi connectivity index (χ0v) is 14.4. The summed E-state index contributed by atoms with van der Waals surface area (Å²) >= 11 is 6.23. The highest BCUT2D eigenvalue weighted by molar-refractivity contribution is 6.31. The van der Waals surface area contributed by atoms with Crippen LogP contribution in [-0.4, -0.2) is 32.1 Å². The molecule has 1 unspecified atom stereocenters. The Morgan fingerprint density at radius 2 is 2.04 bits per heavy atom. The van der Waals surface area contributed by atoms with Gasteiger partial charge in [-0.2, -0.15) is 0 Å². The molecule has 4 rings (SSSR count). The van der Waals surface area contributed by atoms with Gasteiger partial charge in [-0.25, -0.2) is 4.98 Å². The summed E-state index contributed by atoms with van der Waals surface area (Å²) in [5.41, 5.74) is 2.88. The number of rotatable bonds is 1. The second-order valence-corrected chi connectivity index (χ2v) is 6.57. The van der Waals surface area contributed by atoms with Crippen LogP contribution in [0.2, 0.25) is 5.02 Å². The molecule has 0 aliphatic carbocycles. The van der Waals surface area contributed by atoms with Crippen LogP contribution >= 0.6 is 11.6 Å². The summed E-state index contributed by atoms with van der Waals surface area (Å²) in [6.07, 6.45) is 7.59. The molecule has 3 aromatic rings. The molecule has 0 N–H and O–H groups in total. The summed E-state index contributed by atoms with van der Waals surface area (Å²) in [6, 6.07) is 5.70. The molecule has 24 heavy (non-hydrogen) atoms. The van der Waals surface area contributed by atoms with Crippen molar-refractivity contribution in [1.82, 2.24) is 19.0 Å². The second-order valence-electron chi connectivity index (χ2n) is 6.13. The van der Waals surface area contributed by atoms with E-state index in [0.29, 0.717) is 10.5 Å². The van der Waals surface area contributed by atoms with Crippen LogP contribution in [0.3, 0.4) is 0 Å². The molecule has 0 fully saturated rings. The molecule has 1 aliphatic rings. The fourth-order valence-corrected chi connectivity index (χ4v) is 3.45. The maximum atomic E-state index is 13.2. The number of hydrogen-bond acceptors (Lipinski definition) is 3. The maximum absolute atomic E-state index is 13.2. The molecule has 5 nitrogen and oxygen atoms in total. The zero-order valence-electron chi connectivity index (χ0n) is 13.7. The number of benzene rings is 1. The maximum Gasteiger partial charge on any atom is 0.283 e. The van der Waals surface area contributed by atoms with Crippen molar-refractivity contribution in [2.45, 2.75) is 13.0 Å². The zero-order chi connectivity index (χ0) is 17.0. The Balaban J connectivity index is 2.20. The Morgan fingerprint density at radius 1 is 1.25 bits per heavy atom. The van der Waals surface area contributed by atoms with E-state index in [-0.39, 0.29) is 11.6 Å². The quantitative estimate of drug-likeness (QED) is 0.683. The van der Waals surface area contributed by atoms with Crippen LogP contribution < -0.4 is 5.56 Å². The third kappa shape index (κ3) is 2.01. The molecule has 3 heterocycles. The summed E-state index contributed by atoms with van der Waals surface area (Å²) in [4.78, 5) is 19.6. The van der Waals surface area contributed by atoms with Gasteiger partial charge < -0.3 is 9.47 Å². The number of imidazole rings is 1. The lowest BCUT2D eigenvalue weighted by molar-refractivity contribution is 0.404. The number of hydrogen-bond donors (Lipinski definition) is 0. The summed E-state index contributed by atoms with van der Waals surface area (Å²) in [6.45, 7) is 2.07. The second kappa shape index (κ2) is 5.24. The molecule has 2 aromatic heterocycles. The normalized spacial score (nSPS) is 17.8. The van der Waals surface area contributed by atoms with E-state index in [1.54, 1.807) is 10.9 Å². The molecule has 1 aromatic carbocycles. The topological polar surface area (TPSA) is 43.1 Å². The van der Waals surface area contributed by atoms with Crippen LogP contribution in [0.4, 0.5) is 0 Å². The Hall–Kier alpha value is -2.53. The van der Waals surface area contributed by atoms with Gasteiger partial charge in [0.25, 0.3) is 5.56 Å². The Labute approximate surface area is 144 Å². The van der Waals surface area contributed by atoms with Crippen molar-refractivity contribution in [1.29, 1.82) is 0 Å². The van der Waals surface area contributed by atoms with Crippen LogP contribution in [0.25, 0.3) is 27.6 Å². The molecular formula is C18H17ClN4O. The number of aryl methyl sites for hydroxylation is 1. The Kier molecular flexibility index (Phi) is 3.28. The van der Waals surface area contributed by atoms with Crippen molar-refractivity contribution >= 4 is 39.2 Å². The molecular weight excluding hydrogens is 324 g/mol. The van der Waals surface area contributed by atoms with Crippen molar-refractivity contribution in [3.8, 4) is 0 Å². The van der Waals surface area contributed by atoms with Gasteiger partial charge in [-0.05, 0) is 43.5 Å². The van der Waals surface area contributed by atoms with Gasteiger partial charge in [0.1, 0.15) is 0 Å². The smallest absolute Gasteiger partial charge is 0.283 e. The first-order valence-corrected chi connectivity index (χ1v) is 8.13. The molecule has 0 saturated carbocycles. The van der Waals surface area contributed by atoms with E-state index in [9.17, 15) is 4.79 Å². The van der Waals surface area contributed by atoms with E-state index in [0.717, 1.165) is 22.1 Å². The van der Waals surface area contributed by atoms with E-state index in [4.69, 9.17) is 11.6 Å². The summed E-state index contributed by atoms with van der Waals surface area (Å²) in [5, 5.41) is 1.56. The van der Waals surface area contributed by atoms with E-state index in [1.807, 2.05) is 55.2 Å². The van der Waals surface area contributed by atoms with Gasteiger partial charge in [0, 0.05) is 30.2 Å². The van der Waals surface area contributed by atoms with Gasteiger partial charge in [0.2, 0.25) is 0 Å². The highest BCUT2D eigenvalue weighted by Crippen LogP contribution is 2.29. The minimum atomic E-state index is -0.123. The first kappa shape index (κ1) is 15.0. The van der Waals surface area contributed by atoms with Crippen molar-refractivity contribution in [2.24, 2.45) is 7.05 Å². The number of halogens is 1. The molecule has 1 atom stereocenters. The van der Waals surface area contributed by atoms with Crippen molar-refractivity contribution in [3.63, 3.8) is 0 Å². The van der Waals surface area contributed by atoms with Gasteiger partial charge in [-0.1, -0.05) is 11.6 Å². The number of pyridine rings is 1. The monoisotopic (exact) mass is 340 g/mol. The fourth-order valence-electron chi connectivity index (χ4n) is 3.28. The van der Waals surface area contributed by atoms with Gasteiger partial charge in [-0.3, -0.25) is 9.36 Å². The average Bonchev–Trinajstić information content (AvgIpc) is 2.94. The minimum absolute atomic E-state index is 0.0658. The molecule has 0 radical (unpaired) electrons. The molecule has 0 amide bonds. The average molecular weight is 341 g/mol. The van der Waals surface area contributed by atoms with Gasteiger partial charge in [0.05, 0.1) is 23.4 Å². The fraction of sp³-hybridized carbons (Fsp3) is 0.222. The first-order chi connectivity index (χ1) is 11.5. The number of likely N-dealkylation sites (N-methyl/N-ethyl adjacent to an activating group) is 1. The highest BCUT2D eigenvalue weighted by atomic mass is 35.5. The standard InChI is InChI=1S/C18H17ClN4O/c1-11-14(5-4-8-21(11)2)23-15-9-12(19)6-7-13(15)17-16(18(23)24)20-10-22(17)3/h4-11H,1-3H3. The predicted molar refractivity (Wildman–Crippen MR) is 98.1 cm³/mol. The largest absolute Gasteiger partial charge is 0.372 e. The molecule has 1 aliphatic heterocycles. The van der Waals surface area contributed by atoms with Gasteiger partial charge >= 0.3 is 0 Å². The minimum Gasteiger partial charge on any atom is -0.372 e. The van der Waals surface area contributed by atoms with E-state index in [1.165, 1.54) is 0 Å². The van der Waals surface area contributed by atoms with Gasteiger partial charge in [0.15, 0.2) is 5.52 Å². The molecule has 122 valence electrons. The van der Waals surface area contributed by atoms with Gasteiger partial charge in [-0.15, -0.1) is 0 Å². The Morgan fingerprint density at radius 3 is 2.83 bits per heavy atom. The van der Waals surface area contributed by atoms with Crippen LogP contribution in [0.5, 0.6) is 0 Å². The first-order valence-electron chi connectivity index (χ1n) is 7.75. The third-order valence-electron chi connectivity index (χ3n) is 4.68. The summed E-state index contributed by atoms with van der Waals surface area (Å²) in [5.74, 6) is 0. The molecule has 0 bridgehead atoms. The lowest BCUT2D eigenvalue weighted by atomic mass is 10.1. The Bertz CT molecular complexity index is 1090. The lowest BCUT2D eigenvalue weighted by Gasteiger charge is -2.30. The highest BCUT2D eigenvalue weighted by Gasteiger charge is 2.22. The summed E-state index contributed by atoms with van der Waals surface area (Å²) in [7, 11) is 3.89. The van der Waals surface area contributed by atoms with Crippen LogP contribution in [0, 0.1) is 0 Å². The van der Waals surface area contributed by atoms with Crippen molar-refractivity contribution in [2.75, 3.05) is 7.05 Å². The lowest BCUT2D eigenvalue weighted by Crippen LogP contribution is -2.34. The third-order valence-corrected chi connectivity index (χ3v) is 4.92. The van der Waals surface area contributed by atoms with E-state index in [2.05, 4.69) is 16.8 Å². The van der Waals surface area contributed by atoms with Crippen molar-refractivity contribution < 1.29 is 0 Å². The molecule has 0 saturated heterocycles. The van der Waals surface area contributed by atoms with Crippen LogP contribution in [0.15, 0.2) is 47.7 Å². The summed E-state index contributed by atoms with van der Waals surface area (Å²) < 4.78 is 3.61. The van der Waals surface area contributed by atoms with Crippen molar-refractivity contribution in [3.05, 3.63) is 58.3 Å². The number of nitrogens with zero attached hydrogens (tertiary/aromatic N) is 4. The number of allylic oxidation sites excluding steroid dienone is 2. The molecule has 0 spiro atoms. The van der Waals surface area contributed by atoms with Crippen LogP contribution in [-0.2, 0) is 7.05 Å². The number of fused-ring (bicyclic) bond motifs is 3. The molecule has 6 heteroatoms. The SMILES string of the molecule is CC1C(n2c(=O)c3ncn(C)c3c3ccc(Cl)cc32)=CC=CN1C. The van der Waals surface area contributed by atoms with Crippen LogP contribution in [0.1, 0.15) is 6.92 Å².